The molecule has 1 aliphatic rings. The number of carbonyl (C=O) groups excluding carboxylic acids is 1. The lowest BCUT2D eigenvalue weighted by Gasteiger charge is -2.12. The third-order valence-electron chi connectivity index (χ3n) is 4.35. The van der Waals surface area contributed by atoms with E-state index in [-0.39, 0.29) is 0 Å². The molecule has 0 amide bonds. The van der Waals surface area contributed by atoms with Gasteiger partial charge < -0.3 is 0 Å². The van der Waals surface area contributed by atoms with Crippen LogP contribution in [0.3, 0.4) is 0 Å². The first-order valence-corrected chi connectivity index (χ1v) is 7.78. The molecule has 0 atom stereocenters. The lowest BCUT2D eigenvalue weighted by Crippen LogP contribution is -2.11. The lowest BCUT2D eigenvalue weighted by atomic mass is 9.99. The Kier molecular flexibility index (Phi) is 5.17. The predicted molar refractivity (Wildman–Crippen MR) is 77.1 cm³/mol. The summed E-state index contributed by atoms with van der Waals surface area (Å²) in [6, 6.07) is 2.48. The summed E-state index contributed by atoms with van der Waals surface area (Å²) in [5.74, 6) is 1.01. The maximum absolute atomic E-state index is 12.0. The molecular weight excluding hydrogens is 236 g/mol. The van der Waals surface area contributed by atoms with Crippen LogP contribution in [0.25, 0.3) is 0 Å². The van der Waals surface area contributed by atoms with Gasteiger partial charge in [0.15, 0.2) is 0 Å². The molecule has 0 bridgehead atoms. The summed E-state index contributed by atoms with van der Waals surface area (Å²) in [5, 5.41) is 4.56. The molecule has 0 spiro atoms. The topological polar surface area (TPSA) is 34.9 Å². The van der Waals surface area contributed by atoms with Crippen LogP contribution in [-0.4, -0.2) is 15.6 Å². The van der Waals surface area contributed by atoms with Gasteiger partial charge in [-0.05, 0) is 24.8 Å². The van der Waals surface area contributed by atoms with E-state index < -0.39 is 0 Å². The number of hydrogen-bond donors (Lipinski definition) is 0. The Hall–Kier alpha value is -1.12. The third-order valence-corrected chi connectivity index (χ3v) is 4.35. The first-order chi connectivity index (χ1) is 9.22. The molecule has 2 rings (SSSR count). The van der Waals surface area contributed by atoms with Crippen molar-refractivity contribution in [1.82, 2.24) is 9.78 Å². The highest BCUT2D eigenvalue weighted by Crippen LogP contribution is 2.28. The fourth-order valence-electron chi connectivity index (χ4n) is 3.15. The van der Waals surface area contributed by atoms with Crippen molar-refractivity contribution in [3.05, 3.63) is 18.0 Å². The molecule has 1 fully saturated rings. The monoisotopic (exact) mass is 262 g/mol. The molecule has 3 nitrogen and oxygen atoms in total. The maximum atomic E-state index is 12.0. The van der Waals surface area contributed by atoms with Gasteiger partial charge in [-0.15, -0.1) is 0 Å². The Labute approximate surface area is 116 Å². The van der Waals surface area contributed by atoms with E-state index in [1.165, 1.54) is 25.7 Å². The van der Waals surface area contributed by atoms with Crippen molar-refractivity contribution in [2.75, 3.05) is 0 Å². The van der Waals surface area contributed by atoms with Gasteiger partial charge in [-0.25, -0.2) is 0 Å². The Morgan fingerprint density at radius 1 is 1.37 bits per heavy atom. The molecule has 0 aliphatic heterocycles. The minimum Gasteiger partial charge on any atom is -0.299 e. The van der Waals surface area contributed by atoms with E-state index in [0.717, 1.165) is 25.0 Å². The van der Waals surface area contributed by atoms with E-state index in [1.54, 1.807) is 0 Å². The number of carbonyl (C=O) groups is 1. The summed E-state index contributed by atoms with van der Waals surface area (Å²) in [6.45, 7) is 4.36. The molecule has 1 saturated carbocycles. The average Bonchev–Trinajstić information content (AvgIpc) is 3.03. The van der Waals surface area contributed by atoms with Crippen molar-refractivity contribution >= 4 is 5.78 Å². The second-order valence-corrected chi connectivity index (χ2v) is 5.83. The van der Waals surface area contributed by atoms with Crippen LogP contribution in [0, 0.1) is 5.92 Å². The summed E-state index contributed by atoms with van der Waals surface area (Å²) in [4.78, 5) is 12.0. The van der Waals surface area contributed by atoms with Crippen LogP contribution in [0.5, 0.6) is 0 Å². The van der Waals surface area contributed by atoms with Crippen LogP contribution >= 0.6 is 0 Å². The number of rotatable bonds is 7. The van der Waals surface area contributed by atoms with Crippen LogP contribution < -0.4 is 0 Å². The van der Waals surface area contributed by atoms with E-state index >= 15 is 0 Å². The molecule has 0 radical (unpaired) electrons. The van der Waals surface area contributed by atoms with E-state index in [2.05, 4.69) is 18.9 Å². The van der Waals surface area contributed by atoms with Gasteiger partial charge in [0.05, 0.1) is 18.2 Å². The summed E-state index contributed by atoms with van der Waals surface area (Å²) in [6.07, 6.45) is 10.6. The molecule has 3 heteroatoms. The maximum Gasteiger partial charge on any atom is 0.139 e. The largest absolute Gasteiger partial charge is 0.299 e. The van der Waals surface area contributed by atoms with Crippen molar-refractivity contribution in [2.45, 2.75) is 71.3 Å². The molecular formula is C16H26N2O. The lowest BCUT2D eigenvalue weighted by molar-refractivity contribution is -0.119. The number of ketones is 1. The highest BCUT2D eigenvalue weighted by Gasteiger charge is 2.19. The van der Waals surface area contributed by atoms with E-state index in [4.69, 9.17) is 0 Å². The van der Waals surface area contributed by atoms with Gasteiger partial charge in [0.1, 0.15) is 5.78 Å². The van der Waals surface area contributed by atoms with Crippen LogP contribution in [0.2, 0.25) is 0 Å². The molecule has 0 N–H and O–H groups in total. The summed E-state index contributed by atoms with van der Waals surface area (Å²) in [7, 11) is 0. The summed E-state index contributed by atoms with van der Waals surface area (Å²) >= 11 is 0. The second-order valence-electron chi connectivity index (χ2n) is 5.83. The van der Waals surface area contributed by atoms with E-state index in [9.17, 15) is 4.79 Å². The van der Waals surface area contributed by atoms with Crippen molar-refractivity contribution in [3.8, 4) is 0 Å². The third kappa shape index (κ3) is 3.92. The molecule has 0 aromatic carbocycles. The van der Waals surface area contributed by atoms with Crippen molar-refractivity contribution in [3.63, 3.8) is 0 Å². The normalized spacial score (nSPS) is 16.4. The minimum atomic E-state index is 0.363. The van der Waals surface area contributed by atoms with Crippen LogP contribution in [-0.2, 0) is 11.2 Å². The number of nitrogens with zero attached hydrogens (tertiary/aromatic N) is 2. The van der Waals surface area contributed by atoms with Crippen LogP contribution in [0.1, 0.15) is 70.5 Å². The second kappa shape index (κ2) is 6.88. The number of hydrogen-bond acceptors (Lipinski definition) is 2. The van der Waals surface area contributed by atoms with Gasteiger partial charge in [0.2, 0.25) is 0 Å². The summed E-state index contributed by atoms with van der Waals surface area (Å²) < 4.78 is 2.03. The Balaban J connectivity index is 1.86. The molecule has 1 aromatic heterocycles. The molecule has 1 aliphatic carbocycles. The SMILES string of the molecule is CCC(CC)n1ccc(CC(=O)CC2CCCC2)n1. The van der Waals surface area contributed by atoms with Gasteiger partial charge in [-0.2, -0.15) is 5.10 Å². The molecule has 106 valence electrons. The Morgan fingerprint density at radius 2 is 2.05 bits per heavy atom. The van der Waals surface area contributed by atoms with Crippen LogP contribution in [0.4, 0.5) is 0 Å². The smallest absolute Gasteiger partial charge is 0.139 e. The first-order valence-electron chi connectivity index (χ1n) is 7.78. The van der Waals surface area contributed by atoms with Crippen molar-refractivity contribution in [2.24, 2.45) is 5.92 Å². The fraction of sp³-hybridized carbons (Fsp3) is 0.750. The molecule has 19 heavy (non-hydrogen) atoms. The van der Waals surface area contributed by atoms with Gasteiger partial charge in [0.25, 0.3) is 0 Å². The fourth-order valence-corrected chi connectivity index (χ4v) is 3.15. The van der Waals surface area contributed by atoms with Crippen LogP contribution in [0.15, 0.2) is 12.3 Å². The van der Waals surface area contributed by atoms with Gasteiger partial charge >= 0.3 is 0 Å². The molecule has 0 unspecified atom stereocenters. The van der Waals surface area contributed by atoms with Gasteiger partial charge in [0, 0.05) is 12.6 Å². The molecule has 1 aromatic rings. The zero-order chi connectivity index (χ0) is 13.7. The Morgan fingerprint density at radius 3 is 2.68 bits per heavy atom. The number of Topliss-reactive ketones (excluding diaryl/α,β-unsaturated/α-hetero) is 1. The predicted octanol–water partition coefficient (Wildman–Crippen LogP) is 3.94. The zero-order valence-electron chi connectivity index (χ0n) is 12.3. The molecule has 0 saturated heterocycles. The highest BCUT2D eigenvalue weighted by molar-refractivity contribution is 5.80. The quantitative estimate of drug-likeness (QED) is 0.746. The first kappa shape index (κ1) is 14.3. The van der Waals surface area contributed by atoms with E-state index in [0.29, 0.717) is 24.2 Å². The standard InChI is InChI=1S/C16H26N2O/c1-3-15(4-2)18-10-9-14(17-18)12-16(19)11-13-7-5-6-8-13/h9-10,13,15H,3-8,11-12H2,1-2H3. The van der Waals surface area contributed by atoms with Crippen molar-refractivity contribution in [1.29, 1.82) is 0 Å². The highest BCUT2D eigenvalue weighted by atomic mass is 16.1. The minimum absolute atomic E-state index is 0.363. The average molecular weight is 262 g/mol. The van der Waals surface area contributed by atoms with Gasteiger partial charge in [-0.3, -0.25) is 9.48 Å². The molecule has 1 heterocycles. The Bertz CT molecular complexity index is 401. The van der Waals surface area contributed by atoms with E-state index in [1.807, 2.05) is 16.9 Å². The zero-order valence-corrected chi connectivity index (χ0v) is 12.3. The van der Waals surface area contributed by atoms with Crippen molar-refractivity contribution < 1.29 is 4.79 Å². The summed E-state index contributed by atoms with van der Waals surface area (Å²) in [5.41, 5.74) is 0.940. The number of aromatic nitrogens is 2. The van der Waals surface area contributed by atoms with Gasteiger partial charge in [-0.1, -0.05) is 39.5 Å².